The fraction of sp³-hybridized carbons (Fsp3) is 0.200. The Kier molecular flexibility index (Phi) is 2.96. The third-order valence-electron chi connectivity index (χ3n) is 1.65. The van der Waals surface area contributed by atoms with Gasteiger partial charge in [-0.25, -0.2) is 4.39 Å². The highest BCUT2D eigenvalue weighted by atomic mass is 19.1. The molecule has 74 valence electrons. The minimum atomic E-state index is -0.460. The molecular weight excluding hydrogens is 183 g/mol. The maximum absolute atomic E-state index is 13.0. The van der Waals surface area contributed by atoms with Crippen molar-refractivity contribution in [1.82, 2.24) is 0 Å². The van der Waals surface area contributed by atoms with Crippen LogP contribution in [0.3, 0.4) is 0 Å². The SMILES string of the molecule is CC(=N)c1cc(F)cc(NC(C)=O)c1. The van der Waals surface area contributed by atoms with Gasteiger partial charge in [-0.2, -0.15) is 0 Å². The van der Waals surface area contributed by atoms with Crippen LogP contribution in [0.5, 0.6) is 0 Å². The van der Waals surface area contributed by atoms with Crippen LogP contribution >= 0.6 is 0 Å². The van der Waals surface area contributed by atoms with Crippen molar-refractivity contribution in [2.45, 2.75) is 13.8 Å². The number of benzene rings is 1. The molecule has 0 aromatic heterocycles. The highest BCUT2D eigenvalue weighted by molar-refractivity contribution is 5.98. The van der Waals surface area contributed by atoms with Gasteiger partial charge in [0.1, 0.15) is 5.82 Å². The molecule has 0 spiro atoms. The zero-order valence-electron chi connectivity index (χ0n) is 8.02. The molecule has 0 heterocycles. The summed E-state index contributed by atoms with van der Waals surface area (Å²) >= 11 is 0. The van der Waals surface area contributed by atoms with Crippen LogP contribution in [0.15, 0.2) is 18.2 Å². The van der Waals surface area contributed by atoms with Crippen LogP contribution in [-0.2, 0) is 4.79 Å². The Hall–Kier alpha value is -1.71. The molecular formula is C10H11FN2O. The molecule has 0 aliphatic carbocycles. The summed E-state index contributed by atoms with van der Waals surface area (Å²) in [7, 11) is 0. The summed E-state index contributed by atoms with van der Waals surface area (Å²) in [6, 6.07) is 4.04. The normalized spacial score (nSPS) is 9.64. The zero-order valence-corrected chi connectivity index (χ0v) is 8.02. The number of carbonyl (C=O) groups excluding carboxylic acids is 1. The van der Waals surface area contributed by atoms with E-state index in [0.29, 0.717) is 11.3 Å². The second-order valence-corrected chi connectivity index (χ2v) is 3.03. The van der Waals surface area contributed by atoms with Crippen LogP contribution in [0.2, 0.25) is 0 Å². The molecule has 14 heavy (non-hydrogen) atoms. The van der Waals surface area contributed by atoms with Crippen LogP contribution in [0, 0.1) is 11.2 Å². The second kappa shape index (κ2) is 4.00. The van der Waals surface area contributed by atoms with Crippen LogP contribution in [-0.4, -0.2) is 11.6 Å². The van der Waals surface area contributed by atoms with Gasteiger partial charge in [-0.1, -0.05) is 0 Å². The van der Waals surface area contributed by atoms with Crippen molar-refractivity contribution in [3.63, 3.8) is 0 Å². The Morgan fingerprint density at radius 2 is 2.00 bits per heavy atom. The number of amides is 1. The van der Waals surface area contributed by atoms with E-state index in [1.54, 1.807) is 13.0 Å². The number of hydrogen-bond acceptors (Lipinski definition) is 2. The Bertz CT molecular complexity index is 388. The molecule has 1 rings (SSSR count). The Morgan fingerprint density at radius 3 is 2.50 bits per heavy atom. The van der Waals surface area contributed by atoms with Gasteiger partial charge >= 0.3 is 0 Å². The Labute approximate surface area is 81.5 Å². The molecule has 4 heteroatoms. The minimum absolute atomic E-state index is 0.260. The maximum atomic E-state index is 13.0. The number of rotatable bonds is 2. The topological polar surface area (TPSA) is 53.0 Å². The lowest BCUT2D eigenvalue weighted by molar-refractivity contribution is -0.114. The van der Waals surface area contributed by atoms with E-state index in [0.717, 1.165) is 0 Å². The van der Waals surface area contributed by atoms with Gasteiger partial charge in [-0.3, -0.25) is 4.79 Å². The van der Waals surface area contributed by atoms with Gasteiger partial charge in [-0.05, 0) is 30.7 Å². The predicted molar refractivity (Wildman–Crippen MR) is 53.2 cm³/mol. The number of nitrogens with one attached hydrogen (secondary N) is 2. The number of hydrogen-bond donors (Lipinski definition) is 2. The van der Waals surface area contributed by atoms with Crippen LogP contribution in [0.4, 0.5) is 10.1 Å². The minimum Gasteiger partial charge on any atom is -0.326 e. The molecule has 1 aromatic carbocycles. The molecule has 0 aliphatic heterocycles. The lowest BCUT2D eigenvalue weighted by Crippen LogP contribution is -2.07. The van der Waals surface area contributed by atoms with Crippen molar-refractivity contribution < 1.29 is 9.18 Å². The summed E-state index contributed by atoms with van der Waals surface area (Å²) < 4.78 is 13.0. The van der Waals surface area contributed by atoms with E-state index in [-0.39, 0.29) is 11.6 Å². The quantitative estimate of drug-likeness (QED) is 0.696. The number of carbonyl (C=O) groups is 1. The average molecular weight is 194 g/mol. The summed E-state index contributed by atoms with van der Waals surface area (Å²) in [5.41, 5.74) is 1.10. The molecule has 0 unspecified atom stereocenters. The fourth-order valence-corrected chi connectivity index (χ4v) is 1.08. The second-order valence-electron chi connectivity index (χ2n) is 3.03. The summed E-state index contributed by atoms with van der Waals surface area (Å²) in [4.78, 5) is 10.7. The summed E-state index contributed by atoms with van der Waals surface area (Å²) in [5, 5.41) is 9.80. The summed E-state index contributed by atoms with van der Waals surface area (Å²) in [6.07, 6.45) is 0. The summed E-state index contributed by atoms with van der Waals surface area (Å²) in [5.74, 6) is -0.720. The largest absolute Gasteiger partial charge is 0.326 e. The molecule has 0 bridgehead atoms. The van der Waals surface area contributed by atoms with E-state index >= 15 is 0 Å². The van der Waals surface area contributed by atoms with E-state index in [2.05, 4.69) is 5.32 Å². The first-order valence-corrected chi connectivity index (χ1v) is 4.13. The van der Waals surface area contributed by atoms with Crippen LogP contribution in [0.1, 0.15) is 19.4 Å². The third-order valence-corrected chi connectivity index (χ3v) is 1.65. The van der Waals surface area contributed by atoms with Gasteiger partial charge in [-0.15, -0.1) is 0 Å². The van der Waals surface area contributed by atoms with Gasteiger partial charge in [0.15, 0.2) is 0 Å². The van der Waals surface area contributed by atoms with E-state index < -0.39 is 5.82 Å². The molecule has 3 nitrogen and oxygen atoms in total. The monoisotopic (exact) mass is 194 g/mol. The van der Waals surface area contributed by atoms with E-state index in [4.69, 9.17) is 5.41 Å². The first-order valence-electron chi connectivity index (χ1n) is 4.13. The molecule has 0 aliphatic rings. The number of anilines is 1. The smallest absolute Gasteiger partial charge is 0.221 e. The lowest BCUT2D eigenvalue weighted by atomic mass is 10.1. The average Bonchev–Trinajstić information content (AvgIpc) is 2.01. The molecule has 0 radical (unpaired) electrons. The van der Waals surface area contributed by atoms with E-state index in [1.165, 1.54) is 19.1 Å². The van der Waals surface area contributed by atoms with Gasteiger partial charge in [0, 0.05) is 18.3 Å². The van der Waals surface area contributed by atoms with Gasteiger partial charge in [0.25, 0.3) is 0 Å². The molecule has 1 amide bonds. The first kappa shape index (κ1) is 10.4. The van der Waals surface area contributed by atoms with Gasteiger partial charge in [0.05, 0.1) is 0 Å². The van der Waals surface area contributed by atoms with Crippen molar-refractivity contribution in [2.24, 2.45) is 0 Å². The first-order chi connectivity index (χ1) is 6.49. The maximum Gasteiger partial charge on any atom is 0.221 e. The molecule has 0 saturated heterocycles. The van der Waals surface area contributed by atoms with Gasteiger partial charge in [0.2, 0.25) is 5.91 Å². The highest BCUT2D eigenvalue weighted by Crippen LogP contribution is 2.14. The van der Waals surface area contributed by atoms with Crippen molar-refractivity contribution in [3.8, 4) is 0 Å². The highest BCUT2D eigenvalue weighted by Gasteiger charge is 2.03. The van der Waals surface area contributed by atoms with E-state index in [1.807, 2.05) is 0 Å². The fourth-order valence-electron chi connectivity index (χ4n) is 1.08. The van der Waals surface area contributed by atoms with Crippen molar-refractivity contribution in [3.05, 3.63) is 29.6 Å². The summed E-state index contributed by atoms with van der Waals surface area (Å²) in [6.45, 7) is 2.91. The molecule has 0 fully saturated rings. The van der Waals surface area contributed by atoms with Crippen LogP contribution < -0.4 is 5.32 Å². The predicted octanol–water partition coefficient (Wildman–Crippen LogP) is 2.17. The van der Waals surface area contributed by atoms with Gasteiger partial charge < -0.3 is 10.7 Å². The zero-order chi connectivity index (χ0) is 10.7. The van der Waals surface area contributed by atoms with Crippen molar-refractivity contribution in [2.75, 3.05) is 5.32 Å². The Morgan fingerprint density at radius 1 is 1.36 bits per heavy atom. The third kappa shape index (κ3) is 2.65. The standard InChI is InChI=1S/C10H11FN2O/c1-6(12)8-3-9(11)5-10(4-8)13-7(2)14/h3-5,12H,1-2H3,(H,13,14). The Balaban J connectivity index is 3.07. The lowest BCUT2D eigenvalue weighted by Gasteiger charge is -2.05. The number of halogens is 1. The molecule has 1 aromatic rings. The molecule has 2 N–H and O–H groups in total. The van der Waals surface area contributed by atoms with E-state index in [9.17, 15) is 9.18 Å². The van der Waals surface area contributed by atoms with Crippen molar-refractivity contribution in [1.29, 1.82) is 5.41 Å². The van der Waals surface area contributed by atoms with Crippen LogP contribution in [0.25, 0.3) is 0 Å². The van der Waals surface area contributed by atoms with Crippen molar-refractivity contribution >= 4 is 17.3 Å². The molecule has 0 atom stereocenters. The molecule has 0 saturated carbocycles.